The van der Waals surface area contributed by atoms with Gasteiger partial charge in [-0.1, -0.05) is 259 Å². The predicted molar refractivity (Wildman–Crippen MR) is 368 cm³/mol. The second-order valence-electron chi connectivity index (χ2n) is 24.5. The molecule has 0 fully saturated rings. The van der Waals surface area contributed by atoms with E-state index in [0.29, 0.717) is 0 Å². The highest BCUT2D eigenvalue weighted by Crippen LogP contribution is 2.54. The lowest BCUT2D eigenvalue weighted by Gasteiger charge is -2.07. The van der Waals surface area contributed by atoms with Crippen molar-refractivity contribution in [3.05, 3.63) is 56.6 Å². The third-order valence-corrected chi connectivity index (χ3v) is 23.2. The van der Waals surface area contributed by atoms with Crippen LogP contribution in [0.3, 0.4) is 0 Å². The third kappa shape index (κ3) is 19.6. The second-order valence-corrected chi connectivity index (χ2v) is 29.3. The smallest absolute Gasteiger partial charge is 0.107 e. The standard InChI is InChI=1S/C72H106N4S5/c1-5-9-13-17-21-25-29-33-37-41-45-55-51-64(78-62(55)47-43-39-35-31-27-23-19-15-11-7-3)66-67-69-68(73-58-53-60-61(76-81-75-60)54-59(58)74-69)57-49-50-77-70(57)72(67)80-71(66)65-52-56(46-42-38-34-30-26-22-18-14-10-6-2)63(79-65)48-44-40-36-32-28-24-20-16-12-8-4/h49-54H,5-48H2,1-4H3. The molecule has 0 N–H and O–H groups in total. The Balaban J connectivity index is 1.13. The molecule has 2 aromatic carbocycles. The van der Waals surface area contributed by atoms with Crippen LogP contribution in [0.2, 0.25) is 0 Å². The number of unbranched alkanes of at least 4 members (excludes halogenated alkanes) is 36. The Hall–Kier alpha value is -2.82. The van der Waals surface area contributed by atoms with E-state index in [4.69, 9.17) is 9.97 Å². The number of hydrogen-bond acceptors (Lipinski definition) is 9. The van der Waals surface area contributed by atoms with E-state index < -0.39 is 0 Å². The van der Waals surface area contributed by atoms with E-state index in [1.54, 1.807) is 20.9 Å². The first-order chi connectivity index (χ1) is 40.1. The SMILES string of the molecule is CCCCCCCCCCCCc1cc(-c2sc3c4sccc4c4nc5cc6nsnc6cc5nc4c3c2-c2cc(CCCCCCCCCCCC)c(CCCCCCCCCCCC)s2)sc1CCCCCCCCCCCC. The van der Waals surface area contributed by atoms with Crippen molar-refractivity contribution in [2.45, 2.75) is 310 Å². The molecule has 0 aliphatic heterocycles. The van der Waals surface area contributed by atoms with E-state index in [0.717, 1.165) is 33.1 Å². The van der Waals surface area contributed by atoms with Crippen LogP contribution >= 0.6 is 57.1 Å². The normalized spacial score (nSPS) is 12.1. The van der Waals surface area contributed by atoms with Crippen LogP contribution in [-0.4, -0.2) is 18.7 Å². The Kier molecular flexibility index (Phi) is 29.2. The molecule has 6 aromatic heterocycles. The maximum Gasteiger partial charge on any atom is 0.107 e. The second kappa shape index (κ2) is 36.9. The maximum absolute atomic E-state index is 5.69. The Bertz CT molecular complexity index is 2920. The Morgan fingerprint density at radius 1 is 0.346 bits per heavy atom. The average molecular weight is 1190 g/mol. The van der Waals surface area contributed by atoms with Crippen LogP contribution < -0.4 is 0 Å². The van der Waals surface area contributed by atoms with E-state index in [1.807, 2.05) is 11.3 Å². The van der Waals surface area contributed by atoms with Gasteiger partial charge in [-0.15, -0.1) is 45.3 Å². The molecular weight excluding hydrogens is 1080 g/mol. The first-order valence-electron chi connectivity index (χ1n) is 34.0. The Morgan fingerprint density at radius 2 is 0.716 bits per heavy atom. The summed E-state index contributed by atoms with van der Waals surface area (Å²) in [5.74, 6) is 0. The van der Waals surface area contributed by atoms with Gasteiger partial charge < -0.3 is 0 Å². The minimum Gasteiger partial charge on any atom is -0.244 e. The molecule has 0 unspecified atom stereocenters. The highest BCUT2D eigenvalue weighted by atomic mass is 32.1. The molecule has 0 atom stereocenters. The molecule has 0 aliphatic carbocycles. The first-order valence-corrected chi connectivity index (χ1v) is 38.1. The summed E-state index contributed by atoms with van der Waals surface area (Å²) in [6, 6.07) is 11.9. The van der Waals surface area contributed by atoms with Crippen molar-refractivity contribution in [2.24, 2.45) is 0 Å². The maximum atomic E-state index is 5.69. The van der Waals surface area contributed by atoms with E-state index in [-0.39, 0.29) is 0 Å². The van der Waals surface area contributed by atoms with Gasteiger partial charge >= 0.3 is 0 Å². The zero-order valence-corrected chi connectivity index (χ0v) is 55.5. The fourth-order valence-electron chi connectivity index (χ4n) is 12.8. The van der Waals surface area contributed by atoms with Gasteiger partial charge in [0.25, 0.3) is 0 Å². The van der Waals surface area contributed by atoms with Gasteiger partial charge in [0.15, 0.2) is 0 Å². The largest absolute Gasteiger partial charge is 0.244 e. The van der Waals surface area contributed by atoms with Gasteiger partial charge in [0.05, 0.1) is 48.1 Å². The lowest BCUT2D eigenvalue weighted by Crippen LogP contribution is -1.91. The summed E-state index contributed by atoms with van der Waals surface area (Å²) in [5.41, 5.74) is 10.4. The molecule has 0 saturated heterocycles. The minimum atomic E-state index is 0.908. The van der Waals surface area contributed by atoms with Crippen LogP contribution in [-0.2, 0) is 25.7 Å². The molecular formula is C72H106N4S5. The third-order valence-electron chi connectivity index (χ3n) is 17.7. The molecule has 8 aromatic rings. The van der Waals surface area contributed by atoms with Gasteiger partial charge in [-0.3, -0.25) is 0 Å². The monoisotopic (exact) mass is 1190 g/mol. The first kappa shape index (κ1) is 64.2. The van der Waals surface area contributed by atoms with Gasteiger partial charge in [0, 0.05) is 35.8 Å². The average Bonchev–Trinajstić information content (AvgIpc) is 4.19. The van der Waals surface area contributed by atoms with Crippen LogP contribution in [0.25, 0.3) is 73.5 Å². The number of rotatable bonds is 46. The van der Waals surface area contributed by atoms with Crippen molar-refractivity contribution >= 4 is 110 Å². The Labute approximate surface area is 512 Å². The van der Waals surface area contributed by atoms with Crippen molar-refractivity contribution in [3.63, 3.8) is 0 Å². The van der Waals surface area contributed by atoms with Crippen LogP contribution in [0, 0.1) is 0 Å². The van der Waals surface area contributed by atoms with Crippen LogP contribution in [0.1, 0.15) is 305 Å². The number of benzene rings is 2. The van der Waals surface area contributed by atoms with E-state index in [9.17, 15) is 0 Å². The summed E-state index contributed by atoms with van der Waals surface area (Å²) in [7, 11) is 0. The highest BCUT2D eigenvalue weighted by molar-refractivity contribution is 7.31. The van der Waals surface area contributed by atoms with Crippen LogP contribution in [0.5, 0.6) is 0 Å². The number of aryl methyl sites for hydroxylation is 4. The molecule has 0 saturated carbocycles. The molecule has 0 amide bonds. The minimum absolute atomic E-state index is 0.908. The lowest BCUT2D eigenvalue weighted by atomic mass is 9.99. The van der Waals surface area contributed by atoms with Crippen molar-refractivity contribution in [1.82, 2.24) is 18.7 Å². The summed E-state index contributed by atoms with van der Waals surface area (Å²) in [4.78, 5) is 19.0. The van der Waals surface area contributed by atoms with Crippen molar-refractivity contribution in [3.8, 4) is 20.2 Å². The van der Waals surface area contributed by atoms with Crippen LogP contribution in [0.15, 0.2) is 35.7 Å². The molecule has 4 nitrogen and oxygen atoms in total. The predicted octanol–water partition coefficient (Wildman–Crippen LogP) is 26.5. The van der Waals surface area contributed by atoms with E-state index >= 15 is 0 Å². The van der Waals surface area contributed by atoms with E-state index in [1.165, 1.54) is 335 Å². The fraction of sp³-hybridized carbons (Fsp3) is 0.667. The molecule has 6 heterocycles. The van der Waals surface area contributed by atoms with Gasteiger partial charge in [0.1, 0.15) is 11.0 Å². The van der Waals surface area contributed by atoms with E-state index in [2.05, 4.69) is 106 Å². The quantitative estimate of drug-likeness (QED) is 0.0282. The lowest BCUT2D eigenvalue weighted by molar-refractivity contribution is 0.554. The summed E-state index contributed by atoms with van der Waals surface area (Å²) in [6.45, 7) is 9.31. The summed E-state index contributed by atoms with van der Waals surface area (Å²) < 4.78 is 12.1. The number of hydrogen-bond donors (Lipinski definition) is 0. The van der Waals surface area contributed by atoms with Gasteiger partial charge in [0.2, 0.25) is 0 Å². The molecule has 81 heavy (non-hydrogen) atoms. The summed E-state index contributed by atoms with van der Waals surface area (Å²) >= 11 is 9.53. The highest BCUT2D eigenvalue weighted by Gasteiger charge is 2.27. The summed E-state index contributed by atoms with van der Waals surface area (Å²) in [6.07, 6.45) is 60.1. The van der Waals surface area contributed by atoms with Gasteiger partial charge in [-0.2, -0.15) is 8.75 Å². The van der Waals surface area contributed by atoms with Crippen molar-refractivity contribution < 1.29 is 0 Å². The van der Waals surface area contributed by atoms with Crippen molar-refractivity contribution in [2.75, 3.05) is 0 Å². The number of fused-ring (bicyclic) bond motifs is 8. The number of nitrogens with zero attached hydrogens (tertiary/aromatic N) is 4. The zero-order valence-electron chi connectivity index (χ0n) is 51.4. The number of aromatic nitrogens is 4. The molecule has 0 spiro atoms. The topological polar surface area (TPSA) is 51.6 Å². The molecule has 444 valence electrons. The Morgan fingerprint density at radius 3 is 1.15 bits per heavy atom. The number of thiophene rings is 4. The fourth-order valence-corrected chi connectivity index (χ4v) is 18.4. The van der Waals surface area contributed by atoms with Crippen LogP contribution in [0.4, 0.5) is 0 Å². The van der Waals surface area contributed by atoms with Crippen molar-refractivity contribution in [1.29, 1.82) is 0 Å². The van der Waals surface area contributed by atoms with Gasteiger partial charge in [-0.05, 0) is 98.2 Å². The van der Waals surface area contributed by atoms with Gasteiger partial charge in [-0.25, -0.2) is 9.97 Å². The zero-order chi connectivity index (χ0) is 56.1. The molecule has 9 heteroatoms. The molecule has 8 rings (SSSR count). The molecule has 0 radical (unpaired) electrons. The summed E-state index contributed by atoms with van der Waals surface area (Å²) in [5, 5.41) is 4.85. The molecule has 0 bridgehead atoms. The molecule has 0 aliphatic rings.